The van der Waals surface area contributed by atoms with Crippen molar-refractivity contribution in [3.8, 4) is 11.5 Å². The smallest absolute Gasteiger partial charge is 0.257 e. The first-order chi connectivity index (χ1) is 9.15. The Morgan fingerprint density at radius 3 is 2.53 bits per heavy atom. The molecule has 1 aromatic carbocycles. The van der Waals surface area contributed by atoms with Gasteiger partial charge in [0, 0.05) is 19.1 Å². The third-order valence-corrected chi connectivity index (χ3v) is 3.46. The maximum absolute atomic E-state index is 12.5. The Balaban J connectivity index is 2.22. The van der Waals surface area contributed by atoms with Crippen LogP contribution in [-0.4, -0.2) is 44.2 Å². The van der Waals surface area contributed by atoms with Crippen LogP contribution in [0.25, 0.3) is 0 Å². The van der Waals surface area contributed by atoms with E-state index in [0.29, 0.717) is 30.2 Å². The lowest BCUT2D eigenvalue weighted by Gasteiger charge is -2.30. The molecular weight excluding hydrogens is 244 g/mol. The molecule has 0 atom stereocenters. The van der Waals surface area contributed by atoms with Gasteiger partial charge in [0.2, 0.25) is 0 Å². The number of amides is 1. The van der Waals surface area contributed by atoms with E-state index in [1.807, 2.05) is 4.90 Å². The van der Waals surface area contributed by atoms with Crippen LogP contribution in [0.15, 0.2) is 18.2 Å². The average Bonchev–Trinajstić information content (AvgIpc) is 2.46. The quantitative estimate of drug-likeness (QED) is 0.893. The largest absolute Gasteiger partial charge is 0.497 e. The number of methoxy groups -OCH3 is 2. The zero-order chi connectivity index (χ0) is 13.8. The summed E-state index contributed by atoms with van der Waals surface area (Å²) in [4.78, 5) is 14.3. The number of nitrogens with zero attached hydrogens (tertiary/aromatic N) is 1. The third kappa shape index (κ3) is 2.98. The van der Waals surface area contributed by atoms with Crippen molar-refractivity contribution in [3.63, 3.8) is 0 Å². The van der Waals surface area contributed by atoms with Gasteiger partial charge < -0.3 is 20.1 Å². The summed E-state index contributed by atoms with van der Waals surface area (Å²) in [6, 6.07) is 5.45. The minimum absolute atomic E-state index is 0.0253. The van der Waals surface area contributed by atoms with Gasteiger partial charge in [0.05, 0.1) is 19.8 Å². The Bertz CT molecular complexity index is 454. The van der Waals surface area contributed by atoms with Crippen LogP contribution in [0.5, 0.6) is 11.5 Å². The van der Waals surface area contributed by atoms with E-state index in [4.69, 9.17) is 15.2 Å². The van der Waals surface area contributed by atoms with Crippen molar-refractivity contribution in [2.45, 2.75) is 18.9 Å². The van der Waals surface area contributed by atoms with Gasteiger partial charge in [-0.2, -0.15) is 0 Å². The molecule has 0 radical (unpaired) electrons. The van der Waals surface area contributed by atoms with Crippen molar-refractivity contribution >= 4 is 5.91 Å². The molecule has 1 heterocycles. The van der Waals surface area contributed by atoms with Gasteiger partial charge in [0.15, 0.2) is 0 Å². The number of rotatable bonds is 3. The molecule has 2 N–H and O–H groups in total. The van der Waals surface area contributed by atoms with Gasteiger partial charge in [-0.25, -0.2) is 0 Å². The van der Waals surface area contributed by atoms with Gasteiger partial charge in [-0.3, -0.25) is 4.79 Å². The molecule has 104 valence electrons. The van der Waals surface area contributed by atoms with Crippen LogP contribution in [0.2, 0.25) is 0 Å². The standard InChI is InChI=1S/C14H20N2O3/c1-18-11-3-4-13(19-2)12(9-11)14(17)16-7-5-10(15)6-8-16/h3-4,9-10H,5-8,15H2,1-2H3. The summed E-state index contributed by atoms with van der Waals surface area (Å²) in [5.74, 6) is 1.20. The Hall–Kier alpha value is -1.75. The van der Waals surface area contributed by atoms with Crippen LogP contribution in [0.3, 0.4) is 0 Å². The lowest BCUT2D eigenvalue weighted by molar-refractivity contribution is 0.0711. The highest BCUT2D eigenvalue weighted by molar-refractivity contribution is 5.97. The Morgan fingerprint density at radius 1 is 1.26 bits per heavy atom. The van der Waals surface area contributed by atoms with Crippen LogP contribution in [0.1, 0.15) is 23.2 Å². The molecule has 0 bridgehead atoms. The lowest BCUT2D eigenvalue weighted by atomic mass is 10.0. The van der Waals surface area contributed by atoms with E-state index >= 15 is 0 Å². The van der Waals surface area contributed by atoms with Gasteiger partial charge in [-0.1, -0.05) is 0 Å². The molecule has 0 saturated carbocycles. The molecule has 1 amide bonds. The molecule has 0 unspecified atom stereocenters. The normalized spacial score (nSPS) is 16.3. The second-order valence-electron chi connectivity index (χ2n) is 4.70. The van der Waals surface area contributed by atoms with E-state index in [-0.39, 0.29) is 11.9 Å². The Labute approximate surface area is 113 Å². The van der Waals surface area contributed by atoms with Crippen molar-refractivity contribution in [1.29, 1.82) is 0 Å². The minimum atomic E-state index is -0.0253. The fraction of sp³-hybridized carbons (Fsp3) is 0.500. The van der Waals surface area contributed by atoms with Crippen LogP contribution in [-0.2, 0) is 0 Å². The molecule has 5 nitrogen and oxygen atoms in total. The molecule has 2 rings (SSSR count). The van der Waals surface area contributed by atoms with Gasteiger partial charge in [-0.05, 0) is 31.0 Å². The lowest BCUT2D eigenvalue weighted by Crippen LogP contribution is -2.42. The first kappa shape index (κ1) is 13.7. The number of likely N-dealkylation sites (tertiary alicyclic amines) is 1. The highest BCUT2D eigenvalue weighted by Gasteiger charge is 2.24. The van der Waals surface area contributed by atoms with Crippen molar-refractivity contribution in [3.05, 3.63) is 23.8 Å². The number of carbonyl (C=O) groups is 1. The van der Waals surface area contributed by atoms with Crippen LogP contribution in [0, 0.1) is 0 Å². The first-order valence-corrected chi connectivity index (χ1v) is 6.42. The summed E-state index contributed by atoms with van der Waals surface area (Å²) in [5, 5.41) is 0. The predicted molar refractivity (Wildman–Crippen MR) is 72.7 cm³/mol. The predicted octanol–water partition coefficient (Wildman–Crippen LogP) is 1.27. The number of piperidine rings is 1. The average molecular weight is 264 g/mol. The van der Waals surface area contributed by atoms with Crippen molar-refractivity contribution in [1.82, 2.24) is 4.90 Å². The molecule has 19 heavy (non-hydrogen) atoms. The molecule has 1 aromatic rings. The van der Waals surface area contributed by atoms with E-state index in [0.717, 1.165) is 12.8 Å². The highest BCUT2D eigenvalue weighted by Crippen LogP contribution is 2.26. The summed E-state index contributed by atoms with van der Waals surface area (Å²) >= 11 is 0. The van der Waals surface area contributed by atoms with E-state index in [9.17, 15) is 4.79 Å². The molecule has 1 aliphatic rings. The number of carbonyl (C=O) groups excluding carboxylic acids is 1. The minimum Gasteiger partial charge on any atom is -0.497 e. The molecule has 0 aliphatic carbocycles. The zero-order valence-electron chi connectivity index (χ0n) is 11.4. The molecule has 0 aromatic heterocycles. The number of hydrogen-bond acceptors (Lipinski definition) is 4. The van der Waals surface area contributed by atoms with Crippen molar-refractivity contribution in [2.24, 2.45) is 5.73 Å². The van der Waals surface area contributed by atoms with E-state index in [1.165, 1.54) is 0 Å². The monoisotopic (exact) mass is 264 g/mol. The van der Waals surface area contributed by atoms with Gasteiger partial charge >= 0.3 is 0 Å². The second-order valence-corrected chi connectivity index (χ2v) is 4.70. The summed E-state index contributed by atoms with van der Waals surface area (Å²) in [6.45, 7) is 1.39. The summed E-state index contributed by atoms with van der Waals surface area (Å²) in [5.41, 5.74) is 6.39. The number of hydrogen-bond donors (Lipinski definition) is 1. The topological polar surface area (TPSA) is 64.8 Å². The summed E-state index contributed by atoms with van der Waals surface area (Å²) in [6.07, 6.45) is 1.69. The molecule has 1 fully saturated rings. The number of nitrogens with two attached hydrogens (primary N) is 1. The van der Waals surface area contributed by atoms with Crippen molar-refractivity contribution < 1.29 is 14.3 Å². The van der Waals surface area contributed by atoms with E-state index < -0.39 is 0 Å². The third-order valence-electron chi connectivity index (χ3n) is 3.46. The SMILES string of the molecule is COc1ccc(OC)c(C(=O)N2CCC(N)CC2)c1. The van der Waals surface area contributed by atoms with Crippen LogP contribution < -0.4 is 15.2 Å². The second kappa shape index (κ2) is 5.93. The summed E-state index contributed by atoms with van der Waals surface area (Å²) < 4.78 is 10.4. The molecule has 5 heteroatoms. The Kier molecular flexibility index (Phi) is 4.27. The zero-order valence-corrected chi connectivity index (χ0v) is 11.4. The molecular formula is C14H20N2O3. The first-order valence-electron chi connectivity index (χ1n) is 6.42. The fourth-order valence-corrected chi connectivity index (χ4v) is 2.25. The van der Waals surface area contributed by atoms with Gasteiger partial charge in [0.25, 0.3) is 5.91 Å². The van der Waals surface area contributed by atoms with Crippen molar-refractivity contribution in [2.75, 3.05) is 27.3 Å². The molecule has 1 saturated heterocycles. The van der Waals surface area contributed by atoms with Gasteiger partial charge in [-0.15, -0.1) is 0 Å². The number of ether oxygens (including phenoxy) is 2. The number of benzene rings is 1. The fourth-order valence-electron chi connectivity index (χ4n) is 2.25. The van der Waals surface area contributed by atoms with Gasteiger partial charge in [0.1, 0.15) is 11.5 Å². The molecule has 1 aliphatic heterocycles. The Morgan fingerprint density at radius 2 is 1.95 bits per heavy atom. The van der Waals surface area contributed by atoms with E-state index in [2.05, 4.69) is 0 Å². The maximum atomic E-state index is 12.5. The van der Waals surface area contributed by atoms with Crippen LogP contribution >= 0.6 is 0 Å². The van der Waals surface area contributed by atoms with Crippen LogP contribution in [0.4, 0.5) is 0 Å². The maximum Gasteiger partial charge on any atom is 0.257 e. The molecule has 0 spiro atoms. The highest BCUT2D eigenvalue weighted by atomic mass is 16.5. The summed E-state index contributed by atoms with van der Waals surface area (Å²) in [7, 11) is 3.14. The van der Waals surface area contributed by atoms with E-state index in [1.54, 1.807) is 32.4 Å².